The van der Waals surface area contributed by atoms with Crippen molar-refractivity contribution in [1.29, 1.82) is 0 Å². The molecule has 0 atom stereocenters. The first-order valence-electron chi connectivity index (χ1n) is 3.53. The van der Waals surface area contributed by atoms with E-state index in [0.29, 0.717) is 0 Å². The summed E-state index contributed by atoms with van der Waals surface area (Å²) >= 11 is 0. The average molecular weight is 194 g/mol. The molecule has 0 radical (unpaired) electrons. The maximum atomic E-state index is 11.2. The molecule has 0 spiro atoms. The van der Waals surface area contributed by atoms with E-state index in [2.05, 4.69) is 9.05 Å². The molecule has 72 valence electrons. The van der Waals surface area contributed by atoms with Gasteiger partial charge in [-0.25, -0.2) is 4.57 Å². The highest BCUT2D eigenvalue weighted by Crippen LogP contribution is 2.47. The summed E-state index contributed by atoms with van der Waals surface area (Å²) in [6.45, 7) is 4.09. The van der Waals surface area contributed by atoms with E-state index in [1.807, 2.05) is 13.8 Å². The molecule has 5 heteroatoms. The summed E-state index contributed by atoms with van der Waals surface area (Å²) in [6, 6.07) is 0. The predicted octanol–water partition coefficient (Wildman–Crippen LogP) is 2.37. The SMILES string of the molecule is COP(=O)(OC)OCC=C(C)C. The molecule has 0 aliphatic carbocycles. The van der Waals surface area contributed by atoms with E-state index in [1.54, 1.807) is 6.08 Å². The zero-order chi connectivity index (χ0) is 9.61. The maximum absolute atomic E-state index is 11.2. The second-order valence-corrected chi connectivity index (χ2v) is 4.27. The first-order valence-corrected chi connectivity index (χ1v) is 4.99. The third-order valence-electron chi connectivity index (χ3n) is 1.17. The van der Waals surface area contributed by atoms with E-state index >= 15 is 0 Å². The van der Waals surface area contributed by atoms with Gasteiger partial charge in [-0.2, -0.15) is 0 Å². The Morgan fingerprint density at radius 3 is 2.17 bits per heavy atom. The molecule has 0 aliphatic heterocycles. The van der Waals surface area contributed by atoms with Gasteiger partial charge in [0.1, 0.15) is 0 Å². The summed E-state index contributed by atoms with van der Waals surface area (Å²) in [5, 5.41) is 0. The standard InChI is InChI=1S/C7H15O4P/c1-7(2)5-6-11-12(8,9-3)10-4/h5H,6H2,1-4H3. The fourth-order valence-electron chi connectivity index (χ4n) is 0.475. The summed E-state index contributed by atoms with van der Waals surface area (Å²) in [4.78, 5) is 0. The van der Waals surface area contributed by atoms with Crippen LogP contribution in [-0.2, 0) is 18.1 Å². The van der Waals surface area contributed by atoms with Crippen molar-refractivity contribution in [3.63, 3.8) is 0 Å². The van der Waals surface area contributed by atoms with Gasteiger partial charge in [0.05, 0.1) is 6.61 Å². The Morgan fingerprint density at radius 1 is 1.33 bits per heavy atom. The first kappa shape index (κ1) is 11.8. The monoisotopic (exact) mass is 194 g/mol. The molecule has 0 bridgehead atoms. The average Bonchev–Trinajstić information content (AvgIpc) is 2.03. The lowest BCUT2D eigenvalue weighted by Gasteiger charge is -2.11. The Kier molecular flexibility index (Phi) is 5.42. The molecular formula is C7H15O4P. The molecule has 0 heterocycles. The molecule has 0 rings (SSSR count). The van der Waals surface area contributed by atoms with Crippen LogP contribution in [0.1, 0.15) is 13.8 Å². The molecule has 0 N–H and O–H groups in total. The van der Waals surface area contributed by atoms with Crippen molar-refractivity contribution in [3.05, 3.63) is 11.6 Å². The van der Waals surface area contributed by atoms with Crippen LogP contribution in [-0.4, -0.2) is 20.8 Å². The minimum absolute atomic E-state index is 0.237. The normalized spacial score (nSPS) is 11.3. The quantitative estimate of drug-likeness (QED) is 0.497. The topological polar surface area (TPSA) is 44.8 Å². The Labute approximate surface area is 73.1 Å². The number of rotatable bonds is 5. The number of hydrogen-bond acceptors (Lipinski definition) is 4. The van der Waals surface area contributed by atoms with Gasteiger partial charge in [-0.15, -0.1) is 0 Å². The van der Waals surface area contributed by atoms with Crippen LogP contribution in [0.2, 0.25) is 0 Å². The minimum Gasteiger partial charge on any atom is -0.290 e. The van der Waals surface area contributed by atoms with Crippen molar-refractivity contribution >= 4 is 7.82 Å². The van der Waals surface area contributed by atoms with Crippen LogP contribution in [0, 0.1) is 0 Å². The third kappa shape index (κ3) is 4.67. The molecule has 0 amide bonds. The molecule has 0 unspecified atom stereocenters. The van der Waals surface area contributed by atoms with E-state index in [-0.39, 0.29) is 6.61 Å². The van der Waals surface area contributed by atoms with Gasteiger partial charge in [0.25, 0.3) is 0 Å². The Balaban J connectivity index is 3.90. The van der Waals surface area contributed by atoms with E-state index in [1.165, 1.54) is 14.2 Å². The second kappa shape index (κ2) is 5.49. The van der Waals surface area contributed by atoms with Gasteiger partial charge < -0.3 is 0 Å². The van der Waals surface area contributed by atoms with Gasteiger partial charge in [0, 0.05) is 14.2 Å². The van der Waals surface area contributed by atoms with Gasteiger partial charge in [-0.05, 0) is 13.8 Å². The largest absolute Gasteiger partial charge is 0.474 e. The maximum Gasteiger partial charge on any atom is 0.474 e. The lowest BCUT2D eigenvalue weighted by molar-refractivity contribution is 0.164. The molecule has 0 saturated heterocycles. The smallest absolute Gasteiger partial charge is 0.290 e. The van der Waals surface area contributed by atoms with E-state index in [0.717, 1.165) is 5.57 Å². The van der Waals surface area contributed by atoms with Crippen LogP contribution >= 0.6 is 7.82 Å². The van der Waals surface area contributed by atoms with Gasteiger partial charge >= 0.3 is 7.82 Å². The van der Waals surface area contributed by atoms with Crippen LogP contribution in [0.25, 0.3) is 0 Å². The Hall–Kier alpha value is -0.150. The lowest BCUT2D eigenvalue weighted by Crippen LogP contribution is -1.94. The highest BCUT2D eigenvalue weighted by atomic mass is 31.2. The highest BCUT2D eigenvalue weighted by Gasteiger charge is 2.21. The summed E-state index contributed by atoms with van der Waals surface area (Å²) in [5.41, 5.74) is 1.09. The summed E-state index contributed by atoms with van der Waals surface area (Å²) in [7, 11) is -0.713. The number of allylic oxidation sites excluding steroid dienone is 1. The van der Waals surface area contributed by atoms with E-state index in [9.17, 15) is 4.57 Å². The molecule has 0 fully saturated rings. The molecule has 4 nitrogen and oxygen atoms in total. The molecule has 12 heavy (non-hydrogen) atoms. The molecule has 0 aromatic carbocycles. The molecule has 0 aliphatic rings. The van der Waals surface area contributed by atoms with Crippen LogP contribution in [0.15, 0.2) is 11.6 Å². The van der Waals surface area contributed by atoms with Crippen LogP contribution < -0.4 is 0 Å². The fourth-order valence-corrected chi connectivity index (χ4v) is 1.09. The van der Waals surface area contributed by atoms with Crippen LogP contribution in [0.3, 0.4) is 0 Å². The molecule has 0 saturated carbocycles. The minimum atomic E-state index is -3.28. The van der Waals surface area contributed by atoms with Gasteiger partial charge in [0.2, 0.25) is 0 Å². The molecule has 0 aromatic heterocycles. The molecular weight excluding hydrogens is 179 g/mol. The van der Waals surface area contributed by atoms with Crippen molar-refractivity contribution in [2.24, 2.45) is 0 Å². The molecule has 0 aromatic rings. The summed E-state index contributed by atoms with van der Waals surface area (Å²) in [6.07, 6.45) is 1.80. The van der Waals surface area contributed by atoms with Crippen LogP contribution in [0.4, 0.5) is 0 Å². The summed E-state index contributed by atoms with van der Waals surface area (Å²) < 4.78 is 25.2. The second-order valence-electron chi connectivity index (χ2n) is 2.39. The first-order chi connectivity index (χ1) is 5.54. The summed E-state index contributed by atoms with van der Waals surface area (Å²) in [5.74, 6) is 0. The van der Waals surface area contributed by atoms with Crippen molar-refractivity contribution in [3.8, 4) is 0 Å². The number of hydrogen-bond donors (Lipinski definition) is 0. The zero-order valence-electron chi connectivity index (χ0n) is 7.86. The van der Waals surface area contributed by atoms with Crippen LogP contribution in [0.5, 0.6) is 0 Å². The van der Waals surface area contributed by atoms with Crippen molar-refractivity contribution < 1.29 is 18.1 Å². The van der Waals surface area contributed by atoms with Gasteiger partial charge in [-0.1, -0.05) is 11.6 Å². The highest BCUT2D eigenvalue weighted by molar-refractivity contribution is 7.48. The lowest BCUT2D eigenvalue weighted by atomic mass is 10.3. The zero-order valence-corrected chi connectivity index (χ0v) is 8.76. The van der Waals surface area contributed by atoms with Gasteiger partial charge in [-0.3, -0.25) is 13.6 Å². The van der Waals surface area contributed by atoms with Gasteiger partial charge in [0.15, 0.2) is 0 Å². The fraction of sp³-hybridized carbons (Fsp3) is 0.714. The Morgan fingerprint density at radius 2 is 1.83 bits per heavy atom. The van der Waals surface area contributed by atoms with E-state index in [4.69, 9.17) is 4.52 Å². The van der Waals surface area contributed by atoms with Crippen molar-refractivity contribution in [1.82, 2.24) is 0 Å². The number of phosphoric ester groups is 1. The Bertz CT molecular complexity index is 188. The third-order valence-corrected chi connectivity index (χ3v) is 2.53. The van der Waals surface area contributed by atoms with E-state index < -0.39 is 7.82 Å². The predicted molar refractivity (Wildman–Crippen MR) is 47.0 cm³/mol. The van der Waals surface area contributed by atoms with Crippen molar-refractivity contribution in [2.75, 3.05) is 20.8 Å². The number of phosphoric acid groups is 1. The van der Waals surface area contributed by atoms with Crippen molar-refractivity contribution in [2.45, 2.75) is 13.8 Å².